The van der Waals surface area contributed by atoms with Crippen LogP contribution in [0.2, 0.25) is 0 Å². The fourth-order valence-electron chi connectivity index (χ4n) is 7.13. The largest absolute Gasteiger partial charge is 0.309 e. The Hall–Kier alpha value is -6.98. The van der Waals surface area contributed by atoms with Gasteiger partial charge in [0.1, 0.15) is 0 Å². The Labute approximate surface area is 294 Å². The maximum atomic E-state index is 5.25. The summed E-state index contributed by atoms with van der Waals surface area (Å²) in [7, 11) is 0. The fourth-order valence-corrected chi connectivity index (χ4v) is 7.13. The molecule has 0 bridgehead atoms. The average Bonchev–Trinajstić information content (AvgIpc) is 3.54. The van der Waals surface area contributed by atoms with E-state index in [4.69, 9.17) is 19.9 Å². The average molecular weight is 652 g/mol. The molecule has 0 N–H and O–H groups in total. The zero-order chi connectivity index (χ0) is 33.7. The summed E-state index contributed by atoms with van der Waals surface area (Å²) >= 11 is 0. The van der Waals surface area contributed by atoms with E-state index in [1.165, 1.54) is 21.5 Å². The minimum atomic E-state index is 0.596. The van der Waals surface area contributed by atoms with Gasteiger partial charge in [0.05, 0.1) is 22.2 Å². The van der Waals surface area contributed by atoms with Gasteiger partial charge in [-0.3, -0.25) is 0 Å². The third kappa shape index (κ3) is 5.11. The van der Waals surface area contributed by atoms with E-state index in [2.05, 4.69) is 120 Å². The highest BCUT2D eigenvalue weighted by Crippen LogP contribution is 2.36. The van der Waals surface area contributed by atoms with E-state index in [1.54, 1.807) is 0 Å². The first-order valence-electron chi connectivity index (χ1n) is 17.1. The molecule has 0 aliphatic rings. The second-order valence-electron chi connectivity index (χ2n) is 12.8. The van der Waals surface area contributed by atoms with Crippen molar-refractivity contribution < 1.29 is 0 Å². The van der Waals surface area contributed by atoms with Crippen molar-refractivity contribution >= 4 is 43.5 Å². The van der Waals surface area contributed by atoms with Crippen LogP contribution >= 0.6 is 0 Å². The number of hydrogen-bond donors (Lipinski definition) is 0. The summed E-state index contributed by atoms with van der Waals surface area (Å²) in [5, 5.41) is 5.88. The molecule has 5 nitrogen and oxygen atoms in total. The van der Waals surface area contributed by atoms with Crippen molar-refractivity contribution in [1.82, 2.24) is 24.5 Å². The topological polar surface area (TPSA) is 56.5 Å². The van der Waals surface area contributed by atoms with Gasteiger partial charge in [0, 0.05) is 44.1 Å². The Balaban J connectivity index is 1.25. The normalized spacial score (nSPS) is 11.5. The van der Waals surface area contributed by atoms with Gasteiger partial charge in [0.15, 0.2) is 17.5 Å². The number of hydrogen-bond acceptors (Lipinski definition) is 4. The maximum absolute atomic E-state index is 5.25. The molecule has 10 aromatic rings. The number of aromatic nitrogens is 5. The lowest BCUT2D eigenvalue weighted by Crippen LogP contribution is -2.02. The molecule has 3 heterocycles. The lowest BCUT2D eigenvalue weighted by molar-refractivity contribution is 1.07. The van der Waals surface area contributed by atoms with Crippen molar-refractivity contribution in [3.8, 4) is 51.1 Å². The number of rotatable bonds is 5. The quantitative estimate of drug-likeness (QED) is 0.174. The molecule has 7 aromatic carbocycles. The van der Waals surface area contributed by atoms with Crippen LogP contribution in [-0.2, 0) is 0 Å². The molecule has 0 atom stereocenters. The molecule has 5 heteroatoms. The Kier molecular flexibility index (Phi) is 6.74. The lowest BCUT2D eigenvalue weighted by Gasteiger charge is -2.14. The van der Waals surface area contributed by atoms with Crippen LogP contribution in [0.15, 0.2) is 176 Å². The van der Waals surface area contributed by atoms with E-state index in [0.29, 0.717) is 17.5 Å². The molecular formula is C46H29N5. The highest BCUT2D eigenvalue weighted by atomic mass is 15.0. The van der Waals surface area contributed by atoms with Crippen LogP contribution in [0, 0.1) is 0 Å². The molecule has 10 rings (SSSR count). The Morgan fingerprint density at radius 2 is 0.843 bits per heavy atom. The highest BCUT2D eigenvalue weighted by molar-refractivity contribution is 6.09. The minimum Gasteiger partial charge on any atom is -0.309 e. The standard InChI is InChI=1S/C46H29N5/c1-3-13-30(14-4-1)44-48-45(31-15-5-2-6-16-31)50-46(49-44)36-26-35(40-24-23-34-25-32-17-7-8-18-33(32)29-41(34)47-40)27-37(28-36)51-42-21-11-9-19-38(42)39-20-10-12-22-43(39)51/h1-29H. The van der Waals surface area contributed by atoms with Crippen LogP contribution in [0.1, 0.15) is 0 Å². The number of benzene rings is 7. The van der Waals surface area contributed by atoms with Crippen molar-refractivity contribution in [2.24, 2.45) is 0 Å². The molecule has 0 aliphatic heterocycles. The third-order valence-electron chi connectivity index (χ3n) is 9.57. The van der Waals surface area contributed by atoms with Gasteiger partial charge in [0.25, 0.3) is 0 Å². The van der Waals surface area contributed by atoms with Crippen molar-refractivity contribution in [2.45, 2.75) is 0 Å². The van der Waals surface area contributed by atoms with Gasteiger partial charge >= 0.3 is 0 Å². The van der Waals surface area contributed by atoms with E-state index in [1.807, 2.05) is 60.7 Å². The molecule has 0 spiro atoms. The monoisotopic (exact) mass is 651 g/mol. The summed E-state index contributed by atoms with van der Waals surface area (Å²) in [6, 6.07) is 61.0. The molecule has 0 aliphatic carbocycles. The first-order chi connectivity index (χ1) is 25.2. The Morgan fingerprint density at radius 1 is 0.333 bits per heavy atom. The van der Waals surface area contributed by atoms with Gasteiger partial charge in [-0.2, -0.15) is 0 Å². The SMILES string of the molecule is c1ccc(-c2nc(-c3ccccc3)nc(-c3cc(-c4ccc5cc6ccccc6cc5n4)cc(-n4c5ccccc5c5ccccc54)c3)n2)cc1. The lowest BCUT2D eigenvalue weighted by atomic mass is 10.0. The van der Waals surface area contributed by atoms with Gasteiger partial charge in [-0.25, -0.2) is 19.9 Å². The molecular weight excluding hydrogens is 623 g/mol. The summed E-state index contributed by atoms with van der Waals surface area (Å²) < 4.78 is 2.34. The predicted molar refractivity (Wildman–Crippen MR) is 209 cm³/mol. The van der Waals surface area contributed by atoms with Crippen LogP contribution in [0.4, 0.5) is 0 Å². The molecule has 0 saturated carbocycles. The second kappa shape index (κ2) is 11.9. The van der Waals surface area contributed by atoms with Crippen LogP contribution in [0.25, 0.3) is 94.6 Å². The Bertz CT molecular complexity index is 2800. The molecule has 0 unspecified atom stereocenters. The van der Waals surface area contributed by atoms with Crippen molar-refractivity contribution in [2.75, 3.05) is 0 Å². The third-order valence-corrected chi connectivity index (χ3v) is 9.57. The maximum Gasteiger partial charge on any atom is 0.164 e. The van der Waals surface area contributed by atoms with Gasteiger partial charge in [-0.15, -0.1) is 0 Å². The molecule has 0 fully saturated rings. The van der Waals surface area contributed by atoms with Crippen LogP contribution in [-0.4, -0.2) is 24.5 Å². The number of pyridine rings is 1. The summed E-state index contributed by atoms with van der Waals surface area (Å²) in [6.45, 7) is 0. The molecule has 0 amide bonds. The summed E-state index contributed by atoms with van der Waals surface area (Å²) in [5.41, 5.74) is 8.80. The summed E-state index contributed by atoms with van der Waals surface area (Å²) in [4.78, 5) is 20.4. The molecule has 0 radical (unpaired) electrons. The van der Waals surface area contributed by atoms with Crippen molar-refractivity contribution in [3.05, 3.63) is 176 Å². The summed E-state index contributed by atoms with van der Waals surface area (Å²) in [6.07, 6.45) is 0. The smallest absolute Gasteiger partial charge is 0.164 e. The molecule has 0 saturated heterocycles. The Morgan fingerprint density at radius 3 is 1.47 bits per heavy atom. The predicted octanol–water partition coefficient (Wildman–Crippen LogP) is 11.3. The first-order valence-corrected chi connectivity index (χ1v) is 17.1. The van der Waals surface area contributed by atoms with Gasteiger partial charge < -0.3 is 4.57 Å². The van der Waals surface area contributed by atoms with Crippen LogP contribution in [0.5, 0.6) is 0 Å². The zero-order valence-electron chi connectivity index (χ0n) is 27.5. The van der Waals surface area contributed by atoms with Crippen LogP contribution < -0.4 is 0 Å². The zero-order valence-corrected chi connectivity index (χ0v) is 27.5. The van der Waals surface area contributed by atoms with Gasteiger partial charge in [-0.05, 0) is 59.3 Å². The fraction of sp³-hybridized carbons (Fsp3) is 0. The van der Waals surface area contributed by atoms with E-state index in [-0.39, 0.29) is 0 Å². The second-order valence-corrected chi connectivity index (χ2v) is 12.8. The van der Waals surface area contributed by atoms with Crippen molar-refractivity contribution in [1.29, 1.82) is 0 Å². The first kappa shape index (κ1) is 29.0. The molecule has 238 valence electrons. The van der Waals surface area contributed by atoms with E-state index < -0.39 is 0 Å². The molecule has 3 aromatic heterocycles. The van der Waals surface area contributed by atoms with Crippen molar-refractivity contribution in [3.63, 3.8) is 0 Å². The number of fused-ring (bicyclic) bond motifs is 5. The summed E-state index contributed by atoms with van der Waals surface area (Å²) in [5.74, 6) is 1.84. The van der Waals surface area contributed by atoms with E-state index in [0.717, 1.165) is 55.6 Å². The van der Waals surface area contributed by atoms with E-state index >= 15 is 0 Å². The molecule has 51 heavy (non-hydrogen) atoms. The minimum absolute atomic E-state index is 0.596. The highest BCUT2D eigenvalue weighted by Gasteiger charge is 2.18. The van der Waals surface area contributed by atoms with E-state index in [9.17, 15) is 0 Å². The number of para-hydroxylation sites is 2. The number of nitrogens with zero attached hydrogens (tertiary/aromatic N) is 5. The van der Waals surface area contributed by atoms with Gasteiger partial charge in [0.2, 0.25) is 0 Å². The van der Waals surface area contributed by atoms with Crippen LogP contribution in [0.3, 0.4) is 0 Å². The van der Waals surface area contributed by atoms with Gasteiger partial charge in [-0.1, -0.05) is 127 Å².